The number of terminal acetylenes is 1. The molecule has 36 nitrogen and oxygen atoms in total. The van der Waals surface area contributed by atoms with Crippen molar-refractivity contribution in [1.82, 2.24) is 60.1 Å². The monoisotopic (exact) mass is 1570 g/mol. The van der Waals surface area contributed by atoms with Gasteiger partial charge in [-0.1, -0.05) is 68.4 Å². The van der Waals surface area contributed by atoms with E-state index in [9.17, 15) is 63.5 Å². The fourth-order valence-corrected chi connectivity index (χ4v) is 8.30. The Kier molecular flexibility index (Phi) is 37.5. The van der Waals surface area contributed by atoms with Gasteiger partial charge in [0.25, 0.3) is 5.17 Å². The minimum Gasteiger partial charge on any atom is -0.476 e. The topological polar surface area (TPSA) is 529 Å². The van der Waals surface area contributed by atoms with E-state index in [1.807, 2.05) is 12.8 Å². The van der Waals surface area contributed by atoms with Crippen LogP contribution in [0, 0.1) is 19.3 Å². The number of ether oxygens (including phenoxy) is 3. The highest BCUT2D eigenvalue weighted by Crippen LogP contribution is 2.33. The molecule has 0 amide bonds. The Morgan fingerprint density at radius 2 is 1.17 bits per heavy atom. The zero-order valence-electron chi connectivity index (χ0n) is 56.6. The number of aryl methyl sites for hydroxylation is 1. The van der Waals surface area contributed by atoms with Gasteiger partial charge in [-0.2, -0.15) is 36.5 Å². The lowest BCUT2D eigenvalue weighted by Gasteiger charge is -2.11. The number of hydrogen-bond acceptors (Lipinski definition) is 32. The molecule has 582 valence electrons. The summed E-state index contributed by atoms with van der Waals surface area (Å²) in [7, 11) is -3.13. The maximum Gasteiger partial charge on any atom is 0.416 e. The molecule has 10 heterocycles. The number of nitrogens with zero attached hydrogens (tertiary/aromatic N) is 13. The lowest BCUT2D eigenvalue weighted by Crippen LogP contribution is -2.53. The molecule has 0 spiro atoms. The van der Waals surface area contributed by atoms with E-state index in [1.54, 1.807) is 45.0 Å². The number of alkyl halides is 6. The Hall–Kier alpha value is -13.1. The highest BCUT2D eigenvalue weighted by molar-refractivity contribution is 7.91. The molecule has 0 aliphatic heterocycles. The SMILES string of the molecule is C.C#CCO.CCOC(=O)/C(Cl)=N/O.CCOC(=O)c1cc(C=O)on1.CCOC(=O)c1cc(CO)on1.Cc1ccc(S(=O)(=O)C[NH3+])cc1.Nc1cnn(Cc2cnccc2C(F)(F)F)c1.O=C(Cc1cnn(Cc2cnccc2C(F)(F)F)c1)c1cc(-c2cnco2)on1.O=C(O)c1cc(-c2cnco2)on1. The number of carbonyl (C=O) groups is 6. The van der Waals surface area contributed by atoms with Gasteiger partial charge in [-0.25, -0.2) is 37.6 Å². The number of carboxylic acids is 1. The number of aliphatic hydroxyl groups is 2. The Labute approximate surface area is 617 Å². The number of carbonyl (C=O) groups excluding carboxylic acids is 5. The number of halogens is 7. The molecule has 0 atom stereocenters. The second-order valence-electron chi connectivity index (χ2n) is 20.0. The molecule has 0 bridgehead atoms. The summed E-state index contributed by atoms with van der Waals surface area (Å²) in [4.78, 5) is 80.3. The molecule has 0 aliphatic rings. The Morgan fingerprint density at radius 1 is 0.679 bits per heavy atom. The van der Waals surface area contributed by atoms with Crippen molar-refractivity contribution in [1.29, 1.82) is 0 Å². The van der Waals surface area contributed by atoms with E-state index in [0.29, 0.717) is 40.6 Å². The zero-order valence-corrected chi connectivity index (χ0v) is 58.2. The number of aldehydes is 1. The number of nitrogen functional groups attached to an aromatic ring is 1. The van der Waals surface area contributed by atoms with Crippen molar-refractivity contribution >= 4 is 68.2 Å². The molecule has 9 N–H and O–H groups in total. The molecule has 11 aromatic rings. The predicted octanol–water partition coefficient (Wildman–Crippen LogP) is 8.17. The van der Waals surface area contributed by atoms with Gasteiger partial charge < -0.3 is 73.1 Å². The van der Waals surface area contributed by atoms with Gasteiger partial charge in [0.05, 0.1) is 79.4 Å². The largest absolute Gasteiger partial charge is 0.476 e. The van der Waals surface area contributed by atoms with Gasteiger partial charge in [0.1, 0.15) is 13.2 Å². The summed E-state index contributed by atoms with van der Waals surface area (Å²) in [5, 5.41) is 56.1. The van der Waals surface area contributed by atoms with Crippen LogP contribution in [-0.2, 0) is 67.3 Å². The first kappa shape index (κ1) is 90.2. The summed E-state index contributed by atoms with van der Waals surface area (Å²) in [5.74, 6) is -0.0798. The van der Waals surface area contributed by atoms with Crippen molar-refractivity contribution in [2.24, 2.45) is 5.16 Å². The van der Waals surface area contributed by atoms with Crippen molar-refractivity contribution in [3.63, 3.8) is 0 Å². The van der Waals surface area contributed by atoms with Gasteiger partial charge in [0.2, 0.25) is 21.4 Å². The van der Waals surface area contributed by atoms with Crippen molar-refractivity contribution in [3.8, 4) is 35.4 Å². The van der Waals surface area contributed by atoms with Crippen molar-refractivity contribution < 1.29 is 131 Å². The molecular weight excluding hydrogens is 1510 g/mol. The number of nitrogens with two attached hydrogens (primary N) is 1. The number of quaternary nitrogens is 1. The lowest BCUT2D eigenvalue weighted by molar-refractivity contribution is -0.340. The molecule has 0 radical (unpaired) electrons. The molecule has 0 unspecified atom stereocenters. The van der Waals surface area contributed by atoms with Gasteiger partial charge in [0.15, 0.2) is 76.6 Å². The number of oxime groups is 1. The normalized spacial score (nSPS) is 10.6. The summed E-state index contributed by atoms with van der Waals surface area (Å²) in [6, 6.07) is 13.9. The second kappa shape index (κ2) is 45.3. The molecule has 1 aromatic carbocycles. The van der Waals surface area contributed by atoms with E-state index >= 15 is 0 Å². The van der Waals surface area contributed by atoms with E-state index in [4.69, 9.17) is 55.7 Å². The van der Waals surface area contributed by atoms with Gasteiger partial charge >= 0.3 is 36.2 Å². The van der Waals surface area contributed by atoms with Crippen LogP contribution in [0.15, 0.2) is 172 Å². The Morgan fingerprint density at radius 3 is 1.58 bits per heavy atom. The number of aromatic carboxylic acids is 1. The summed E-state index contributed by atoms with van der Waals surface area (Å²) in [5.41, 5.74) is 9.37. The summed E-state index contributed by atoms with van der Waals surface area (Å²) < 4.78 is 145. The molecule has 0 saturated heterocycles. The number of esters is 3. The Bertz CT molecular complexity index is 4800. The number of pyridine rings is 2. The van der Waals surface area contributed by atoms with E-state index in [1.165, 1.54) is 89.8 Å². The summed E-state index contributed by atoms with van der Waals surface area (Å²) >= 11 is 5.02. The minimum absolute atomic E-state index is 0. The number of benzene rings is 1. The molecule has 0 aliphatic carbocycles. The lowest BCUT2D eigenvalue weighted by atomic mass is 10.1. The highest BCUT2D eigenvalue weighted by atomic mass is 35.5. The first-order valence-electron chi connectivity index (χ1n) is 30.2. The maximum absolute atomic E-state index is 13.1. The van der Waals surface area contributed by atoms with Crippen LogP contribution in [-0.4, -0.2) is 162 Å². The number of ketones is 1. The maximum atomic E-state index is 13.1. The van der Waals surface area contributed by atoms with Crippen LogP contribution in [0.4, 0.5) is 32.0 Å². The van der Waals surface area contributed by atoms with Crippen LogP contribution in [0.2, 0.25) is 0 Å². The smallest absolute Gasteiger partial charge is 0.416 e. The quantitative estimate of drug-likeness (QED) is 0.00482. The number of carboxylic acid groups (broad SMARTS) is 1. The number of aliphatic hydroxyl groups excluding tert-OH is 2. The zero-order chi connectivity index (χ0) is 80.0. The third kappa shape index (κ3) is 30.5. The number of Topliss-reactive ketones (excluding diaryl/α,β-unsaturated/α-hetero) is 1. The summed E-state index contributed by atoms with van der Waals surface area (Å²) in [6.45, 7) is 7.12. The molecule has 10 aromatic heterocycles. The van der Waals surface area contributed by atoms with Gasteiger partial charge in [-0.05, 0) is 57.5 Å². The number of hydrogen-bond donors (Lipinski definition) is 6. The third-order valence-electron chi connectivity index (χ3n) is 12.3. The second-order valence-corrected chi connectivity index (χ2v) is 22.5. The van der Waals surface area contributed by atoms with E-state index < -0.39 is 62.4 Å². The van der Waals surface area contributed by atoms with Crippen molar-refractivity contribution in [2.75, 3.05) is 38.0 Å². The van der Waals surface area contributed by atoms with Gasteiger partial charge in [-0.15, -0.1) is 6.42 Å². The van der Waals surface area contributed by atoms with Gasteiger partial charge in [0, 0.05) is 79.0 Å². The fraction of sp³-hybridized carbons (Fsp3) is 0.246. The number of anilines is 1. The fourth-order valence-electron chi connectivity index (χ4n) is 7.45. The average Bonchev–Trinajstić information content (AvgIpc) is 1.56. The van der Waals surface area contributed by atoms with Crippen molar-refractivity contribution in [3.05, 3.63) is 203 Å². The van der Waals surface area contributed by atoms with E-state index in [2.05, 4.69) is 91.3 Å². The number of rotatable bonds is 20. The predicted molar refractivity (Wildman–Crippen MR) is 361 cm³/mol. The molecule has 109 heavy (non-hydrogen) atoms. The number of sulfone groups is 1. The number of oxazole rings is 2. The van der Waals surface area contributed by atoms with E-state index in [0.717, 1.165) is 36.3 Å². The van der Waals surface area contributed by atoms with Crippen molar-refractivity contribution in [2.45, 2.75) is 78.5 Å². The first-order chi connectivity index (χ1) is 51.4. The van der Waals surface area contributed by atoms with Crippen LogP contribution < -0.4 is 11.5 Å². The standard InChI is InChI=1S/C18H12F3N5O3.C10H9F3N4.C8H11NO2S.C7H4N2O4.C7H9NO4.C7H7NO4.C4H6ClNO3.C3H4O.CH4/c19-18(20,21)13-1-2-22-6-12(13)9-26-8-11(5-24-26)3-15(27)14-4-16(29-25-14)17-7-23-10-28-17;11-10(12,13)9-1-2-15-3-7(9)5-17-6-8(14)4-16-17;1-7-2-4-8(5-3-7)12(10,11)6-9;10-7(11)4-1-5(13-9-4)6-2-8-3-12-6;2*1-2-11-7(10)6-3-5(4-9)12-8-6;1-2-9-4(7)3(5)6-8;1-2-3-4;/h1-2,4-8,10H,3,9H2;1-4,6H,5,14H2;2-5H,6,9H2,1H3;1-3H,(H,10,11);3,9H,2,4H2,1H3;3-4H,2H2,1H3;8H,2H2,1H3;1,4H,3H2;1H4/p+1/b;;;;;;6-3-;;. The molecular formula is C65H67ClF6N15O21S+. The van der Waals surface area contributed by atoms with E-state index in [-0.39, 0.29) is 122 Å². The number of aromatic nitrogens is 12. The molecule has 44 heteroatoms. The third-order valence-corrected chi connectivity index (χ3v) is 14.0. The Balaban J connectivity index is 0.000000339. The molecule has 0 fully saturated rings. The van der Waals surface area contributed by atoms with Crippen LogP contribution in [0.5, 0.6) is 0 Å². The summed E-state index contributed by atoms with van der Waals surface area (Å²) in [6.07, 6.45) is 11.6. The molecule has 0 saturated carbocycles. The highest BCUT2D eigenvalue weighted by Gasteiger charge is 2.34. The van der Waals surface area contributed by atoms with Crippen LogP contribution in [0.1, 0.15) is 120 Å². The van der Waals surface area contributed by atoms with Crippen LogP contribution in [0.3, 0.4) is 0 Å². The first-order valence-corrected chi connectivity index (χ1v) is 32.2. The van der Waals surface area contributed by atoms with Gasteiger partial charge in [-0.3, -0.25) is 28.9 Å². The van der Waals surface area contributed by atoms with Crippen LogP contribution >= 0.6 is 11.6 Å². The van der Waals surface area contributed by atoms with Crippen LogP contribution in [0.25, 0.3) is 23.0 Å². The average molecular weight is 1580 g/mol. The minimum atomic E-state index is -4.49. The molecule has 11 rings (SSSR count).